The van der Waals surface area contributed by atoms with Gasteiger partial charge in [-0.3, -0.25) is 4.79 Å². The average molecular weight is 341 g/mol. The van der Waals surface area contributed by atoms with Gasteiger partial charge in [0.15, 0.2) is 6.61 Å². The van der Waals surface area contributed by atoms with E-state index in [4.69, 9.17) is 9.47 Å². The minimum atomic E-state index is -0.489. The van der Waals surface area contributed by atoms with E-state index < -0.39 is 5.97 Å². The first kappa shape index (κ1) is 17.3. The number of hydrogen-bond acceptors (Lipinski definition) is 4. The van der Waals surface area contributed by atoms with Crippen molar-refractivity contribution in [1.29, 1.82) is 0 Å². The zero-order valence-electron chi connectivity index (χ0n) is 14.7. The molecule has 1 saturated heterocycles. The minimum absolute atomic E-state index is 0.127. The van der Waals surface area contributed by atoms with Crippen molar-refractivity contribution in [3.8, 4) is 5.75 Å². The molecule has 0 bridgehead atoms. The number of ether oxygens (including phenoxy) is 2. The van der Waals surface area contributed by atoms with Gasteiger partial charge in [-0.1, -0.05) is 24.3 Å². The third-order valence-corrected chi connectivity index (χ3v) is 4.77. The van der Waals surface area contributed by atoms with Gasteiger partial charge in [-0.15, -0.1) is 0 Å². The first-order valence-corrected chi connectivity index (χ1v) is 8.64. The molecule has 0 radical (unpaired) electrons. The number of carbonyl (C=O) groups is 2. The second kappa shape index (κ2) is 7.55. The van der Waals surface area contributed by atoms with E-state index in [1.807, 2.05) is 36.1 Å². The molecule has 1 heterocycles. The topological polar surface area (TPSA) is 55.8 Å². The first-order chi connectivity index (χ1) is 12.1. The summed E-state index contributed by atoms with van der Waals surface area (Å²) in [4.78, 5) is 26.6. The van der Waals surface area contributed by atoms with Gasteiger partial charge in [-0.25, -0.2) is 4.79 Å². The molecule has 0 saturated carbocycles. The smallest absolute Gasteiger partial charge is 0.339 e. The van der Waals surface area contributed by atoms with Crippen LogP contribution < -0.4 is 4.74 Å². The number of hydrogen-bond donors (Lipinski definition) is 0. The average Bonchev–Trinajstić information content (AvgIpc) is 2.65. The van der Waals surface area contributed by atoms with Crippen LogP contribution in [0.15, 0.2) is 36.4 Å². The molecule has 1 fully saturated rings. The summed E-state index contributed by atoms with van der Waals surface area (Å²) in [6.07, 6.45) is 3.15. The van der Waals surface area contributed by atoms with Crippen LogP contribution in [0.4, 0.5) is 0 Å². The molecule has 132 valence electrons. The second-order valence-electron chi connectivity index (χ2n) is 6.37. The molecule has 0 spiro atoms. The van der Waals surface area contributed by atoms with Crippen LogP contribution in [0.3, 0.4) is 0 Å². The van der Waals surface area contributed by atoms with Gasteiger partial charge in [0.05, 0.1) is 12.7 Å². The Balaban J connectivity index is 1.73. The molecule has 0 N–H and O–H groups in total. The third-order valence-electron chi connectivity index (χ3n) is 4.77. The largest absolute Gasteiger partial charge is 0.496 e. The Morgan fingerprint density at radius 3 is 2.60 bits per heavy atom. The molecule has 2 aromatic carbocycles. The van der Waals surface area contributed by atoms with Gasteiger partial charge < -0.3 is 14.4 Å². The van der Waals surface area contributed by atoms with E-state index in [1.165, 1.54) is 0 Å². The fraction of sp³-hybridized carbons (Fsp3) is 0.400. The molecule has 2 aromatic rings. The summed E-state index contributed by atoms with van der Waals surface area (Å²) in [5.74, 6) is 0.0839. The van der Waals surface area contributed by atoms with Crippen LogP contribution in [0.1, 0.15) is 36.5 Å². The number of piperidine rings is 1. The molecule has 5 nitrogen and oxygen atoms in total. The molecule has 0 aromatic heterocycles. The number of fused-ring (bicyclic) bond motifs is 1. The summed E-state index contributed by atoms with van der Waals surface area (Å²) in [6, 6.07) is 11.1. The van der Waals surface area contributed by atoms with Crippen molar-refractivity contribution < 1.29 is 19.1 Å². The minimum Gasteiger partial charge on any atom is -0.496 e. The quantitative estimate of drug-likeness (QED) is 0.800. The SMILES string of the molecule is COc1ccc(C(=O)OCC(=O)N2CCCC[C@@H]2C)c2ccccc12. The van der Waals surface area contributed by atoms with Crippen LogP contribution in [0.25, 0.3) is 10.8 Å². The number of amides is 1. The molecular formula is C20H23NO4. The van der Waals surface area contributed by atoms with E-state index in [9.17, 15) is 9.59 Å². The molecule has 5 heteroatoms. The lowest BCUT2D eigenvalue weighted by molar-refractivity contribution is -0.137. The summed E-state index contributed by atoms with van der Waals surface area (Å²) in [6.45, 7) is 2.56. The van der Waals surface area contributed by atoms with Crippen LogP contribution in [0.2, 0.25) is 0 Å². The van der Waals surface area contributed by atoms with E-state index in [0.717, 1.165) is 36.6 Å². The number of rotatable bonds is 4. The lowest BCUT2D eigenvalue weighted by atomic mass is 10.0. The highest BCUT2D eigenvalue weighted by atomic mass is 16.5. The fourth-order valence-electron chi connectivity index (χ4n) is 3.38. The lowest BCUT2D eigenvalue weighted by Gasteiger charge is -2.33. The Hall–Kier alpha value is -2.56. The van der Waals surface area contributed by atoms with Crippen LogP contribution in [-0.2, 0) is 9.53 Å². The van der Waals surface area contributed by atoms with Gasteiger partial charge in [0.1, 0.15) is 5.75 Å². The number of esters is 1. The zero-order valence-corrected chi connectivity index (χ0v) is 14.7. The zero-order chi connectivity index (χ0) is 17.8. The Kier molecular flexibility index (Phi) is 5.22. The van der Waals surface area contributed by atoms with Crippen molar-refractivity contribution in [3.63, 3.8) is 0 Å². The molecule has 1 amide bonds. The summed E-state index contributed by atoms with van der Waals surface area (Å²) >= 11 is 0. The summed E-state index contributed by atoms with van der Waals surface area (Å²) < 4.78 is 10.6. The number of likely N-dealkylation sites (tertiary alicyclic amines) is 1. The Bertz CT molecular complexity index is 786. The van der Waals surface area contributed by atoms with E-state index in [2.05, 4.69) is 0 Å². The van der Waals surface area contributed by atoms with Gasteiger partial charge in [0.2, 0.25) is 0 Å². The predicted octanol–water partition coefficient (Wildman–Crippen LogP) is 3.41. The number of carbonyl (C=O) groups excluding carboxylic acids is 2. The summed E-state index contributed by atoms with van der Waals surface area (Å²) in [5.41, 5.74) is 0.441. The highest BCUT2D eigenvalue weighted by Gasteiger charge is 2.24. The summed E-state index contributed by atoms with van der Waals surface area (Å²) in [7, 11) is 1.60. The van der Waals surface area contributed by atoms with Gasteiger partial charge in [-0.05, 0) is 43.7 Å². The monoisotopic (exact) mass is 341 g/mol. The molecule has 1 atom stereocenters. The molecule has 0 aliphatic carbocycles. The normalized spacial score (nSPS) is 17.4. The third kappa shape index (κ3) is 3.60. The van der Waals surface area contributed by atoms with Crippen molar-refractivity contribution >= 4 is 22.6 Å². The molecule has 25 heavy (non-hydrogen) atoms. The summed E-state index contributed by atoms with van der Waals surface area (Å²) in [5, 5.41) is 1.60. The molecular weight excluding hydrogens is 318 g/mol. The Morgan fingerprint density at radius 2 is 1.88 bits per heavy atom. The molecule has 1 aliphatic heterocycles. The van der Waals surface area contributed by atoms with E-state index in [1.54, 1.807) is 19.2 Å². The van der Waals surface area contributed by atoms with Crippen LogP contribution in [0.5, 0.6) is 5.75 Å². The Morgan fingerprint density at radius 1 is 1.12 bits per heavy atom. The van der Waals surface area contributed by atoms with Crippen molar-refractivity contribution in [2.45, 2.75) is 32.2 Å². The molecule has 1 aliphatic rings. The maximum absolute atomic E-state index is 12.5. The highest BCUT2D eigenvalue weighted by Crippen LogP contribution is 2.28. The first-order valence-electron chi connectivity index (χ1n) is 8.64. The highest BCUT2D eigenvalue weighted by molar-refractivity contribution is 6.06. The van der Waals surface area contributed by atoms with Gasteiger partial charge in [0, 0.05) is 18.0 Å². The van der Waals surface area contributed by atoms with Crippen molar-refractivity contribution in [2.24, 2.45) is 0 Å². The van der Waals surface area contributed by atoms with Crippen molar-refractivity contribution in [3.05, 3.63) is 42.0 Å². The molecule has 0 unspecified atom stereocenters. The lowest BCUT2D eigenvalue weighted by Crippen LogP contribution is -2.44. The number of nitrogens with zero attached hydrogens (tertiary/aromatic N) is 1. The van der Waals surface area contributed by atoms with Crippen molar-refractivity contribution in [2.75, 3.05) is 20.3 Å². The fourth-order valence-corrected chi connectivity index (χ4v) is 3.38. The number of methoxy groups -OCH3 is 1. The van der Waals surface area contributed by atoms with Crippen LogP contribution in [0, 0.1) is 0 Å². The molecule has 3 rings (SSSR count). The standard InChI is InChI=1S/C20H23NO4/c1-14-7-5-6-12-21(14)19(22)13-25-20(23)17-10-11-18(24-2)16-9-4-3-8-15(16)17/h3-4,8-11,14H,5-7,12-13H2,1-2H3/t14-/m0/s1. The van der Waals surface area contributed by atoms with E-state index >= 15 is 0 Å². The van der Waals surface area contributed by atoms with Crippen molar-refractivity contribution in [1.82, 2.24) is 4.90 Å². The van der Waals surface area contributed by atoms with E-state index in [0.29, 0.717) is 11.3 Å². The Labute approximate surface area is 147 Å². The van der Waals surface area contributed by atoms with Gasteiger partial charge in [-0.2, -0.15) is 0 Å². The van der Waals surface area contributed by atoms with Crippen LogP contribution >= 0.6 is 0 Å². The second-order valence-corrected chi connectivity index (χ2v) is 6.37. The van der Waals surface area contributed by atoms with E-state index in [-0.39, 0.29) is 18.6 Å². The predicted molar refractivity (Wildman–Crippen MR) is 95.8 cm³/mol. The van der Waals surface area contributed by atoms with Crippen LogP contribution in [-0.4, -0.2) is 43.1 Å². The number of benzene rings is 2. The van der Waals surface area contributed by atoms with Gasteiger partial charge in [0.25, 0.3) is 5.91 Å². The maximum Gasteiger partial charge on any atom is 0.339 e. The maximum atomic E-state index is 12.5. The van der Waals surface area contributed by atoms with Gasteiger partial charge >= 0.3 is 5.97 Å².